The standard InChI is InChI=1S/C14H19BrN2O3S/c1-9(2)21(19,20)17-12-7-8-13(18)16-14(12)10-3-5-11(15)6-4-10/h3-6,9,12,14,17H,7-8H2,1-2H3,(H,16,18)/t12-,14-/m0/s1. The van der Waals surface area contributed by atoms with Gasteiger partial charge in [-0.25, -0.2) is 13.1 Å². The number of carbonyl (C=O) groups is 1. The zero-order valence-corrected chi connectivity index (χ0v) is 14.4. The van der Waals surface area contributed by atoms with Gasteiger partial charge in [0.25, 0.3) is 0 Å². The van der Waals surface area contributed by atoms with Gasteiger partial charge in [-0.15, -0.1) is 0 Å². The Morgan fingerprint density at radius 3 is 2.48 bits per heavy atom. The number of hydrogen-bond acceptors (Lipinski definition) is 3. The second-order valence-electron chi connectivity index (χ2n) is 5.45. The third-order valence-electron chi connectivity index (χ3n) is 3.57. The van der Waals surface area contributed by atoms with Gasteiger partial charge in [-0.3, -0.25) is 4.79 Å². The molecule has 2 N–H and O–H groups in total. The third-order valence-corrected chi connectivity index (χ3v) is 5.97. The van der Waals surface area contributed by atoms with Crippen LogP contribution in [0.1, 0.15) is 38.3 Å². The molecule has 116 valence electrons. The number of rotatable bonds is 4. The van der Waals surface area contributed by atoms with E-state index in [0.29, 0.717) is 12.8 Å². The molecule has 1 aromatic carbocycles. The summed E-state index contributed by atoms with van der Waals surface area (Å²) in [5, 5.41) is 2.38. The van der Waals surface area contributed by atoms with Crippen molar-refractivity contribution in [2.75, 3.05) is 0 Å². The summed E-state index contributed by atoms with van der Waals surface area (Å²) < 4.78 is 27.8. The summed E-state index contributed by atoms with van der Waals surface area (Å²) in [4.78, 5) is 11.7. The highest BCUT2D eigenvalue weighted by Crippen LogP contribution is 2.26. The molecule has 0 saturated carbocycles. The van der Waals surface area contributed by atoms with Crippen LogP contribution in [0.4, 0.5) is 0 Å². The third kappa shape index (κ3) is 4.05. The minimum absolute atomic E-state index is 0.0529. The first-order chi connectivity index (χ1) is 9.79. The first-order valence-corrected chi connectivity index (χ1v) is 9.19. The number of piperidine rings is 1. The molecule has 1 aromatic rings. The Hall–Kier alpha value is -0.920. The molecule has 7 heteroatoms. The Morgan fingerprint density at radius 1 is 1.29 bits per heavy atom. The Morgan fingerprint density at radius 2 is 1.90 bits per heavy atom. The van der Waals surface area contributed by atoms with Gasteiger partial charge in [-0.05, 0) is 38.0 Å². The van der Waals surface area contributed by atoms with E-state index < -0.39 is 15.3 Å². The molecule has 1 aliphatic rings. The first-order valence-electron chi connectivity index (χ1n) is 6.85. The predicted molar refractivity (Wildman–Crippen MR) is 85.2 cm³/mol. The summed E-state index contributed by atoms with van der Waals surface area (Å²) in [5.74, 6) is -0.0529. The SMILES string of the molecule is CC(C)S(=O)(=O)N[C@H]1CCC(=O)N[C@H]1c1ccc(Br)cc1. The van der Waals surface area contributed by atoms with Crippen LogP contribution >= 0.6 is 15.9 Å². The van der Waals surface area contributed by atoms with Crippen molar-refractivity contribution < 1.29 is 13.2 Å². The fourth-order valence-electron chi connectivity index (χ4n) is 2.26. The largest absolute Gasteiger partial charge is 0.348 e. The number of nitrogens with one attached hydrogen (secondary N) is 2. The number of sulfonamides is 1. The lowest BCUT2D eigenvalue weighted by Gasteiger charge is -2.33. The van der Waals surface area contributed by atoms with Gasteiger partial charge in [0.1, 0.15) is 0 Å². The van der Waals surface area contributed by atoms with Gasteiger partial charge < -0.3 is 5.32 Å². The Bertz CT molecular complexity index is 614. The quantitative estimate of drug-likeness (QED) is 0.846. The van der Waals surface area contributed by atoms with Gasteiger partial charge >= 0.3 is 0 Å². The van der Waals surface area contributed by atoms with Crippen LogP contribution in [0, 0.1) is 0 Å². The second kappa shape index (κ2) is 6.46. The topological polar surface area (TPSA) is 75.3 Å². The molecule has 0 unspecified atom stereocenters. The smallest absolute Gasteiger partial charge is 0.220 e. The molecular weight excluding hydrogens is 356 g/mol. The van der Waals surface area contributed by atoms with E-state index in [0.717, 1.165) is 10.0 Å². The summed E-state index contributed by atoms with van der Waals surface area (Å²) >= 11 is 3.37. The summed E-state index contributed by atoms with van der Waals surface area (Å²) in [6.07, 6.45) is 0.830. The van der Waals surface area contributed by atoms with E-state index in [-0.39, 0.29) is 18.0 Å². The lowest BCUT2D eigenvalue weighted by molar-refractivity contribution is -0.123. The molecule has 1 fully saturated rings. The lowest BCUT2D eigenvalue weighted by atomic mass is 9.93. The van der Waals surface area contributed by atoms with Crippen molar-refractivity contribution in [1.82, 2.24) is 10.0 Å². The molecule has 0 aromatic heterocycles. The van der Waals surface area contributed by atoms with Crippen LogP contribution in [0.3, 0.4) is 0 Å². The van der Waals surface area contributed by atoms with Crippen LogP contribution in [0.2, 0.25) is 0 Å². The summed E-state index contributed by atoms with van der Waals surface area (Å²) in [7, 11) is -3.37. The Kier molecular flexibility index (Phi) is 5.06. The van der Waals surface area contributed by atoms with Gasteiger partial charge in [-0.1, -0.05) is 28.1 Å². The van der Waals surface area contributed by atoms with Crippen molar-refractivity contribution in [3.63, 3.8) is 0 Å². The molecule has 0 spiro atoms. The highest BCUT2D eigenvalue weighted by atomic mass is 79.9. The maximum absolute atomic E-state index is 12.1. The highest BCUT2D eigenvalue weighted by Gasteiger charge is 2.33. The van der Waals surface area contributed by atoms with Crippen LogP contribution in [-0.2, 0) is 14.8 Å². The molecule has 5 nitrogen and oxygen atoms in total. The van der Waals surface area contributed by atoms with Crippen LogP contribution in [-0.4, -0.2) is 25.6 Å². The predicted octanol–water partition coefficient (Wildman–Crippen LogP) is 2.10. The molecule has 2 atom stereocenters. The summed E-state index contributed by atoms with van der Waals surface area (Å²) in [6.45, 7) is 3.27. The van der Waals surface area contributed by atoms with Gasteiger partial charge in [0, 0.05) is 16.9 Å². The molecular formula is C14H19BrN2O3S. The van der Waals surface area contributed by atoms with Crippen molar-refractivity contribution in [2.45, 2.75) is 44.0 Å². The molecule has 0 bridgehead atoms. The molecule has 0 aliphatic carbocycles. The minimum atomic E-state index is -3.37. The molecule has 1 heterocycles. The van der Waals surface area contributed by atoms with E-state index in [9.17, 15) is 13.2 Å². The average Bonchev–Trinajstić information content (AvgIpc) is 2.41. The van der Waals surface area contributed by atoms with E-state index in [2.05, 4.69) is 26.0 Å². The van der Waals surface area contributed by atoms with Crippen molar-refractivity contribution in [2.24, 2.45) is 0 Å². The van der Waals surface area contributed by atoms with Crippen LogP contribution < -0.4 is 10.0 Å². The van der Waals surface area contributed by atoms with Crippen molar-refractivity contribution >= 4 is 31.9 Å². The number of hydrogen-bond donors (Lipinski definition) is 2. The van der Waals surface area contributed by atoms with Crippen LogP contribution in [0.25, 0.3) is 0 Å². The van der Waals surface area contributed by atoms with E-state index in [1.807, 2.05) is 24.3 Å². The highest BCUT2D eigenvalue weighted by molar-refractivity contribution is 9.10. The molecule has 2 rings (SSSR count). The normalized spacial score (nSPS) is 23.1. The Balaban J connectivity index is 2.25. The summed E-state index contributed by atoms with van der Waals surface area (Å²) in [5.41, 5.74) is 0.891. The number of benzene rings is 1. The van der Waals surface area contributed by atoms with Crippen molar-refractivity contribution in [1.29, 1.82) is 0 Å². The number of amides is 1. The number of carbonyl (C=O) groups excluding carboxylic acids is 1. The zero-order chi connectivity index (χ0) is 15.6. The fraction of sp³-hybridized carbons (Fsp3) is 0.500. The maximum Gasteiger partial charge on any atom is 0.220 e. The molecule has 0 radical (unpaired) electrons. The minimum Gasteiger partial charge on any atom is -0.348 e. The maximum atomic E-state index is 12.1. The van der Waals surface area contributed by atoms with E-state index >= 15 is 0 Å². The van der Waals surface area contributed by atoms with E-state index in [4.69, 9.17) is 0 Å². The number of halogens is 1. The molecule has 1 aliphatic heterocycles. The van der Waals surface area contributed by atoms with Crippen LogP contribution in [0.5, 0.6) is 0 Å². The molecule has 1 amide bonds. The molecule has 1 saturated heterocycles. The summed E-state index contributed by atoms with van der Waals surface area (Å²) in [6, 6.07) is 6.87. The van der Waals surface area contributed by atoms with Crippen molar-refractivity contribution in [3.8, 4) is 0 Å². The molecule has 21 heavy (non-hydrogen) atoms. The van der Waals surface area contributed by atoms with Gasteiger partial charge in [-0.2, -0.15) is 0 Å². The monoisotopic (exact) mass is 374 g/mol. The average molecular weight is 375 g/mol. The fourth-order valence-corrected chi connectivity index (χ4v) is 3.47. The first kappa shape index (κ1) is 16.5. The Labute approximate surface area is 133 Å². The van der Waals surface area contributed by atoms with E-state index in [1.54, 1.807) is 13.8 Å². The van der Waals surface area contributed by atoms with Gasteiger partial charge in [0.2, 0.25) is 15.9 Å². The zero-order valence-electron chi connectivity index (χ0n) is 12.0. The lowest BCUT2D eigenvalue weighted by Crippen LogP contribution is -2.51. The second-order valence-corrected chi connectivity index (χ2v) is 8.64. The van der Waals surface area contributed by atoms with E-state index in [1.165, 1.54) is 0 Å². The van der Waals surface area contributed by atoms with Crippen molar-refractivity contribution in [3.05, 3.63) is 34.3 Å². The van der Waals surface area contributed by atoms with Gasteiger partial charge in [0.15, 0.2) is 0 Å². The van der Waals surface area contributed by atoms with Gasteiger partial charge in [0.05, 0.1) is 11.3 Å². The van der Waals surface area contributed by atoms with Crippen LogP contribution in [0.15, 0.2) is 28.7 Å².